The van der Waals surface area contributed by atoms with Crippen molar-refractivity contribution in [1.82, 2.24) is 0 Å². The summed E-state index contributed by atoms with van der Waals surface area (Å²) in [5.41, 5.74) is 0. The summed E-state index contributed by atoms with van der Waals surface area (Å²) in [6.45, 7) is 2.40. The van der Waals surface area contributed by atoms with Crippen molar-refractivity contribution in [3.8, 4) is 0 Å². The van der Waals surface area contributed by atoms with Gasteiger partial charge in [0.25, 0.3) is 0 Å². The van der Waals surface area contributed by atoms with Gasteiger partial charge in [0.1, 0.15) is 0 Å². The smallest absolute Gasteiger partial charge is 0.396 e. The van der Waals surface area contributed by atoms with Crippen LogP contribution >= 0.6 is 0 Å². The van der Waals surface area contributed by atoms with E-state index >= 15 is 0 Å². The molecule has 1 N–H and O–H groups in total. The Bertz CT molecular complexity index is 183. The SMILES string of the molecule is CCCCO.[C-]1=CC=CC1.[C-]1=CC=CC1.[Zr+2]. The maximum Gasteiger partial charge on any atom is 2.00 e. The summed E-state index contributed by atoms with van der Waals surface area (Å²) < 4.78 is 0. The number of unbranched alkanes of at least 4 members (excludes halogenated alkanes) is 1. The second-order valence-electron chi connectivity index (χ2n) is 3.08. The summed E-state index contributed by atoms with van der Waals surface area (Å²) in [7, 11) is 0. The molecule has 2 aliphatic carbocycles. The van der Waals surface area contributed by atoms with Gasteiger partial charge in [0.05, 0.1) is 0 Å². The van der Waals surface area contributed by atoms with Crippen LogP contribution in [0.1, 0.15) is 32.6 Å². The fraction of sp³-hybridized carbons (Fsp3) is 0.429. The number of allylic oxidation sites excluding steroid dienone is 8. The summed E-state index contributed by atoms with van der Waals surface area (Å²) in [5, 5.41) is 8.07. The van der Waals surface area contributed by atoms with Gasteiger partial charge in [-0.2, -0.15) is 12.2 Å². The van der Waals surface area contributed by atoms with Crippen molar-refractivity contribution in [3.63, 3.8) is 0 Å². The molecule has 0 aliphatic heterocycles. The van der Waals surface area contributed by atoms with Crippen molar-refractivity contribution < 1.29 is 31.3 Å². The van der Waals surface area contributed by atoms with E-state index < -0.39 is 0 Å². The molecular formula is C14H20OZr. The molecule has 0 radical (unpaired) electrons. The van der Waals surface area contributed by atoms with Crippen LogP contribution in [0, 0.1) is 12.2 Å². The number of aliphatic hydroxyl groups excluding tert-OH is 1. The van der Waals surface area contributed by atoms with E-state index in [1.165, 1.54) is 0 Å². The minimum atomic E-state index is 0. The first-order chi connectivity index (χ1) is 7.41. The molecule has 0 saturated carbocycles. The molecule has 0 saturated heterocycles. The Morgan fingerprint density at radius 2 is 1.56 bits per heavy atom. The van der Waals surface area contributed by atoms with Crippen molar-refractivity contribution in [2.24, 2.45) is 0 Å². The Kier molecular flexibility index (Phi) is 19.5. The molecule has 0 spiro atoms. The van der Waals surface area contributed by atoms with Gasteiger partial charge in [-0.3, -0.25) is 12.2 Å². The average molecular weight is 296 g/mol. The monoisotopic (exact) mass is 294 g/mol. The molecule has 16 heavy (non-hydrogen) atoms. The van der Waals surface area contributed by atoms with Crippen molar-refractivity contribution in [2.45, 2.75) is 32.6 Å². The van der Waals surface area contributed by atoms with E-state index in [1.807, 2.05) is 24.3 Å². The molecule has 0 aromatic carbocycles. The van der Waals surface area contributed by atoms with Crippen LogP contribution in [0.15, 0.2) is 36.5 Å². The van der Waals surface area contributed by atoms with Crippen molar-refractivity contribution in [3.05, 3.63) is 48.6 Å². The van der Waals surface area contributed by atoms with Crippen LogP contribution in [0.4, 0.5) is 0 Å². The second kappa shape index (κ2) is 17.2. The summed E-state index contributed by atoms with van der Waals surface area (Å²) in [4.78, 5) is 0. The van der Waals surface area contributed by atoms with E-state index in [9.17, 15) is 0 Å². The zero-order chi connectivity index (χ0) is 11.2. The van der Waals surface area contributed by atoms with E-state index in [-0.39, 0.29) is 26.2 Å². The summed E-state index contributed by atoms with van der Waals surface area (Å²) in [6, 6.07) is 0. The third kappa shape index (κ3) is 16.2. The van der Waals surface area contributed by atoms with Gasteiger partial charge >= 0.3 is 26.2 Å². The normalized spacial score (nSPS) is 13.6. The molecule has 0 aromatic rings. The van der Waals surface area contributed by atoms with E-state index in [0.29, 0.717) is 6.61 Å². The molecule has 0 heterocycles. The van der Waals surface area contributed by atoms with Gasteiger partial charge in [-0.05, 0) is 6.42 Å². The molecule has 86 valence electrons. The first-order valence-corrected chi connectivity index (χ1v) is 5.46. The van der Waals surface area contributed by atoms with Gasteiger partial charge < -0.3 is 5.11 Å². The maximum absolute atomic E-state index is 8.07. The Morgan fingerprint density at radius 3 is 1.62 bits per heavy atom. The molecule has 0 bridgehead atoms. The largest absolute Gasteiger partial charge is 2.00 e. The Morgan fingerprint density at radius 1 is 1.06 bits per heavy atom. The van der Waals surface area contributed by atoms with Crippen LogP contribution in [-0.2, 0) is 26.2 Å². The predicted octanol–water partition coefficient (Wildman–Crippen LogP) is 3.39. The Labute approximate surface area is 119 Å². The van der Waals surface area contributed by atoms with E-state index in [1.54, 1.807) is 0 Å². The fourth-order valence-electron chi connectivity index (χ4n) is 0.839. The first kappa shape index (κ1) is 18.2. The molecule has 0 fully saturated rings. The van der Waals surface area contributed by atoms with Gasteiger partial charge in [-0.1, -0.05) is 13.3 Å². The third-order valence-corrected chi connectivity index (χ3v) is 1.68. The van der Waals surface area contributed by atoms with Gasteiger partial charge in [0, 0.05) is 6.61 Å². The number of hydrogen-bond donors (Lipinski definition) is 1. The van der Waals surface area contributed by atoms with Crippen LogP contribution in [0.2, 0.25) is 0 Å². The fourth-order valence-corrected chi connectivity index (χ4v) is 0.839. The van der Waals surface area contributed by atoms with Crippen LogP contribution in [-0.4, -0.2) is 11.7 Å². The minimum absolute atomic E-state index is 0. The molecule has 2 aliphatic rings. The molecule has 0 atom stereocenters. The summed E-state index contributed by atoms with van der Waals surface area (Å²) in [5.74, 6) is 0. The standard InChI is InChI=1S/2C5H5.C4H10O.Zr/c2*1-2-4-5-3-1;1-2-3-4-5;/h2*1-3H,4H2;5H,2-4H2,1H3;/q2*-1;;+2. The van der Waals surface area contributed by atoms with Crippen LogP contribution in [0.25, 0.3) is 0 Å². The quantitative estimate of drug-likeness (QED) is 0.774. The molecular weight excluding hydrogens is 275 g/mol. The van der Waals surface area contributed by atoms with Gasteiger partial charge in [-0.25, -0.2) is 24.3 Å². The molecule has 1 nitrogen and oxygen atoms in total. The Hall–Kier alpha value is -0.197. The minimum Gasteiger partial charge on any atom is -0.396 e. The van der Waals surface area contributed by atoms with Crippen LogP contribution in [0.5, 0.6) is 0 Å². The van der Waals surface area contributed by atoms with E-state index in [2.05, 4.69) is 31.2 Å². The van der Waals surface area contributed by atoms with E-state index in [0.717, 1.165) is 25.7 Å². The molecule has 0 amide bonds. The van der Waals surface area contributed by atoms with Gasteiger partial charge in [-0.15, -0.1) is 12.8 Å². The molecule has 0 unspecified atom stereocenters. The van der Waals surface area contributed by atoms with Gasteiger partial charge in [0.2, 0.25) is 0 Å². The molecule has 0 aromatic heterocycles. The van der Waals surface area contributed by atoms with Gasteiger partial charge in [0.15, 0.2) is 0 Å². The first-order valence-electron chi connectivity index (χ1n) is 5.46. The second-order valence-corrected chi connectivity index (χ2v) is 3.08. The van der Waals surface area contributed by atoms with Crippen molar-refractivity contribution in [2.75, 3.05) is 6.61 Å². The zero-order valence-electron chi connectivity index (χ0n) is 9.95. The van der Waals surface area contributed by atoms with E-state index in [4.69, 9.17) is 5.11 Å². The van der Waals surface area contributed by atoms with Crippen LogP contribution in [0.3, 0.4) is 0 Å². The molecule has 2 rings (SSSR count). The number of aliphatic hydroxyl groups is 1. The van der Waals surface area contributed by atoms with Crippen molar-refractivity contribution >= 4 is 0 Å². The number of hydrogen-bond acceptors (Lipinski definition) is 1. The topological polar surface area (TPSA) is 20.2 Å². The Balaban J connectivity index is 0. The molecule has 2 heteroatoms. The third-order valence-electron chi connectivity index (χ3n) is 1.68. The number of rotatable bonds is 2. The van der Waals surface area contributed by atoms with Crippen LogP contribution < -0.4 is 0 Å². The predicted molar refractivity (Wildman–Crippen MR) is 65.1 cm³/mol. The van der Waals surface area contributed by atoms with Crippen molar-refractivity contribution in [1.29, 1.82) is 0 Å². The summed E-state index contributed by atoms with van der Waals surface area (Å²) >= 11 is 0. The zero-order valence-corrected chi connectivity index (χ0v) is 12.4. The summed E-state index contributed by atoms with van der Waals surface area (Å²) in [6.07, 6.45) is 22.0. The maximum atomic E-state index is 8.07. The average Bonchev–Trinajstić information content (AvgIpc) is 2.99.